The zero-order valence-electron chi connectivity index (χ0n) is 14.1. The highest BCUT2D eigenvalue weighted by atomic mass is 16.7. The summed E-state index contributed by atoms with van der Waals surface area (Å²) in [4.78, 5) is 0. The highest BCUT2D eigenvalue weighted by Crippen LogP contribution is 2.34. The Bertz CT molecular complexity index is 689. The van der Waals surface area contributed by atoms with Crippen LogP contribution in [0.4, 0.5) is 0 Å². The van der Waals surface area contributed by atoms with Gasteiger partial charge in [0.05, 0.1) is 7.11 Å². The molecule has 4 heteroatoms. The van der Waals surface area contributed by atoms with E-state index in [-0.39, 0.29) is 6.04 Å². The molecular weight excluding hydrogens is 290 g/mol. The Morgan fingerprint density at radius 2 is 1.78 bits per heavy atom. The van der Waals surface area contributed by atoms with Gasteiger partial charge < -0.3 is 19.5 Å². The van der Waals surface area contributed by atoms with Gasteiger partial charge in [-0.25, -0.2) is 0 Å². The van der Waals surface area contributed by atoms with Gasteiger partial charge in [0, 0.05) is 12.6 Å². The van der Waals surface area contributed by atoms with Crippen LogP contribution in [0.15, 0.2) is 30.3 Å². The van der Waals surface area contributed by atoms with Gasteiger partial charge in [0.1, 0.15) is 5.75 Å². The van der Waals surface area contributed by atoms with Crippen LogP contribution >= 0.6 is 0 Å². The zero-order valence-corrected chi connectivity index (χ0v) is 14.1. The molecule has 1 N–H and O–H groups in total. The predicted octanol–water partition coefficient (Wildman–Crippen LogP) is 3.89. The molecule has 0 aromatic heterocycles. The Balaban J connectivity index is 1.68. The third-order valence-electron chi connectivity index (χ3n) is 4.23. The van der Waals surface area contributed by atoms with Crippen LogP contribution in [0.2, 0.25) is 0 Å². The number of aryl methyl sites for hydroxylation is 2. The van der Waals surface area contributed by atoms with Crippen LogP contribution in [0.5, 0.6) is 17.2 Å². The van der Waals surface area contributed by atoms with Crippen LogP contribution < -0.4 is 19.5 Å². The molecule has 0 bridgehead atoms. The van der Waals surface area contributed by atoms with E-state index in [1.807, 2.05) is 12.1 Å². The van der Waals surface area contributed by atoms with Crippen molar-refractivity contribution in [3.05, 3.63) is 52.6 Å². The Hall–Kier alpha value is -2.20. The van der Waals surface area contributed by atoms with Crippen LogP contribution in [0, 0.1) is 13.8 Å². The quantitative estimate of drug-likeness (QED) is 0.909. The van der Waals surface area contributed by atoms with E-state index in [4.69, 9.17) is 14.2 Å². The first kappa shape index (κ1) is 15.7. The van der Waals surface area contributed by atoms with Gasteiger partial charge in [-0.2, -0.15) is 0 Å². The molecule has 0 amide bonds. The molecule has 1 aliphatic heterocycles. The summed E-state index contributed by atoms with van der Waals surface area (Å²) in [6.07, 6.45) is 0. The molecule has 0 saturated carbocycles. The Kier molecular flexibility index (Phi) is 4.44. The van der Waals surface area contributed by atoms with Crippen LogP contribution in [-0.2, 0) is 6.54 Å². The summed E-state index contributed by atoms with van der Waals surface area (Å²) in [5.41, 5.74) is 4.78. The number of ether oxygens (including phenoxy) is 3. The van der Waals surface area contributed by atoms with Crippen molar-refractivity contribution in [2.75, 3.05) is 13.9 Å². The summed E-state index contributed by atoms with van der Waals surface area (Å²) in [5, 5.41) is 3.56. The topological polar surface area (TPSA) is 39.7 Å². The second kappa shape index (κ2) is 6.50. The molecule has 4 nitrogen and oxygen atoms in total. The molecule has 0 fully saturated rings. The highest BCUT2D eigenvalue weighted by molar-refractivity contribution is 5.45. The molecule has 2 aromatic carbocycles. The molecule has 23 heavy (non-hydrogen) atoms. The van der Waals surface area contributed by atoms with Crippen molar-refractivity contribution in [1.29, 1.82) is 0 Å². The molecule has 0 radical (unpaired) electrons. The predicted molar refractivity (Wildman–Crippen MR) is 90.3 cm³/mol. The van der Waals surface area contributed by atoms with Crippen molar-refractivity contribution in [3.63, 3.8) is 0 Å². The van der Waals surface area contributed by atoms with Crippen molar-refractivity contribution in [3.8, 4) is 17.2 Å². The highest BCUT2D eigenvalue weighted by Gasteiger charge is 2.15. The van der Waals surface area contributed by atoms with Gasteiger partial charge in [0.2, 0.25) is 6.79 Å². The van der Waals surface area contributed by atoms with Crippen LogP contribution in [0.25, 0.3) is 0 Å². The zero-order chi connectivity index (χ0) is 16.4. The number of hydrogen-bond donors (Lipinski definition) is 1. The van der Waals surface area contributed by atoms with E-state index in [0.717, 1.165) is 23.8 Å². The molecule has 2 aromatic rings. The van der Waals surface area contributed by atoms with Gasteiger partial charge >= 0.3 is 0 Å². The molecule has 122 valence electrons. The van der Waals surface area contributed by atoms with E-state index < -0.39 is 0 Å². The number of fused-ring (bicyclic) bond motifs is 1. The number of benzene rings is 2. The maximum Gasteiger partial charge on any atom is 0.231 e. The van der Waals surface area contributed by atoms with E-state index in [1.165, 1.54) is 22.3 Å². The van der Waals surface area contributed by atoms with Crippen LogP contribution in [0.3, 0.4) is 0 Å². The van der Waals surface area contributed by atoms with Gasteiger partial charge in [-0.05, 0) is 55.2 Å². The van der Waals surface area contributed by atoms with Gasteiger partial charge in [-0.15, -0.1) is 0 Å². The summed E-state index contributed by atoms with van der Waals surface area (Å²) in [7, 11) is 1.72. The molecule has 0 spiro atoms. The number of rotatable bonds is 5. The average molecular weight is 313 g/mol. The standard InChI is InChI=1S/C19H23NO3/c1-12-7-15(8-13(2)19(12)21-4)10-20-14(3)16-5-6-17-18(9-16)23-11-22-17/h5-9,14,20H,10-11H2,1-4H3. The second-order valence-corrected chi connectivity index (χ2v) is 5.98. The molecule has 0 aliphatic carbocycles. The summed E-state index contributed by atoms with van der Waals surface area (Å²) in [5.74, 6) is 2.62. The molecule has 3 rings (SSSR count). The lowest BCUT2D eigenvalue weighted by Gasteiger charge is -2.16. The molecule has 0 saturated heterocycles. The Morgan fingerprint density at radius 3 is 2.48 bits per heavy atom. The number of nitrogens with one attached hydrogen (secondary N) is 1. The third kappa shape index (κ3) is 3.27. The Labute approximate surface area is 137 Å². The monoisotopic (exact) mass is 313 g/mol. The fraction of sp³-hybridized carbons (Fsp3) is 0.368. The van der Waals surface area contributed by atoms with E-state index >= 15 is 0 Å². The van der Waals surface area contributed by atoms with Gasteiger partial charge in [0.25, 0.3) is 0 Å². The maximum absolute atomic E-state index is 5.45. The van der Waals surface area contributed by atoms with Gasteiger partial charge in [-0.3, -0.25) is 0 Å². The maximum atomic E-state index is 5.45. The molecular formula is C19H23NO3. The summed E-state index contributed by atoms with van der Waals surface area (Å²) >= 11 is 0. The van der Waals surface area contributed by atoms with Crippen molar-refractivity contribution in [1.82, 2.24) is 5.32 Å². The average Bonchev–Trinajstić information content (AvgIpc) is 3.00. The van der Waals surface area contributed by atoms with E-state index in [1.54, 1.807) is 7.11 Å². The Morgan fingerprint density at radius 1 is 1.09 bits per heavy atom. The van der Waals surface area contributed by atoms with Gasteiger partial charge in [0.15, 0.2) is 11.5 Å². The fourth-order valence-corrected chi connectivity index (χ4v) is 3.04. The van der Waals surface area contributed by atoms with Crippen LogP contribution in [0.1, 0.15) is 35.2 Å². The number of methoxy groups -OCH3 is 1. The van der Waals surface area contributed by atoms with Gasteiger partial charge in [-0.1, -0.05) is 18.2 Å². The summed E-state index contributed by atoms with van der Waals surface area (Å²) in [6.45, 7) is 7.43. The lowest BCUT2D eigenvalue weighted by molar-refractivity contribution is 0.174. The van der Waals surface area contributed by atoms with Crippen molar-refractivity contribution >= 4 is 0 Å². The van der Waals surface area contributed by atoms with E-state index in [0.29, 0.717) is 6.79 Å². The minimum absolute atomic E-state index is 0.229. The lowest BCUT2D eigenvalue weighted by atomic mass is 10.0. The third-order valence-corrected chi connectivity index (χ3v) is 4.23. The van der Waals surface area contributed by atoms with Crippen molar-refractivity contribution in [2.24, 2.45) is 0 Å². The SMILES string of the molecule is COc1c(C)cc(CNC(C)c2ccc3c(c2)OCO3)cc1C. The molecule has 1 heterocycles. The normalized spacial score (nSPS) is 13.9. The summed E-state index contributed by atoms with van der Waals surface area (Å²) in [6, 6.07) is 10.7. The first-order valence-corrected chi connectivity index (χ1v) is 7.85. The fourth-order valence-electron chi connectivity index (χ4n) is 3.04. The first-order valence-electron chi connectivity index (χ1n) is 7.85. The second-order valence-electron chi connectivity index (χ2n) is 5.98. The van der Waals surface area contributed by atoms with E-state index in [2.05, 4.69) is 44.3 Å². The van der Waals surface area contributed by atoms with E-state index in [9.17, 15) is 0 Å². The first-order chi connectivity index (χ1) is 11.1. The minimum Gasteiger partial charge on any atom is -0.496 e. The lowest BCUT2D eigenvalue weighted by Crippen LogP contribution is -2.18. The number of hydrogen-bond acceptors (Lipinski definition) is 4. The smallest absolute Gasteiger partial charge is 0.231 e. The minimum atomic E-state index is 0.229. The van der Waals surface area contributed by atoms with Crippen molar-refractivity contribution < 1.29 is 14.2 Å². The van der Waals surface area contributed by atoms with Crippen molar-refractivity contribution in [2.45, 2.75) is 33.4 Å². The molecule has 1 aliphatic rings. The van der Waals surface area contributed by atoms with Crippen LogP contribution in [-0.4, -0.2) is 13.9 Å². The molecule has 1 unspecified atom stereocenters. The molecule has 1 atom stereocenters. The summed E-state index contributed by atoms with van der Waals surface area (Å²) < 4.78 is 16.2. The largest absolute Gasteiger partial charge is 0.496 e.